The molecule has 0 saturated carbocycles. The van der Waals surface area contributed by atoms with Gasteiger partial charge in [0, 0.05) is 24.2 Å². The largest absolute Gasteiger partial charge is 0.330 e. The molecule has 0 aromatic heterocycles. The average molecular weight is 291 g/mol. The molecule has 0 aliphatic heterocycles. The van der Waals surface area contributed by atoms with E-state index in [-0.39, 0.29) is 11.8 Å². The number of carbonyl (C=O) groups is 2. The maximum Gasteiger partial charge on any atom is 0.224 e. The first-order valence-electron chi connectivity index (χ1n) is 7.45. The first kappa shape index (κ1) is 17.2. The monoisotopic (exact) mass is 291 g/mol. The number of carbonyl (C=O) groups excluding carboxylic acids is 2. The van der Waals surface area contributed by atoms with E-state index in [4.69, 9.17) is 5.73 Å². The van der Waals surface area contributed by atoms with Crippen molar-refractivity contribution in [2.75, 3.05) is 17.2 Å². The number of hydrogen-bond donors (Lipinski definition) is 3. The van der Waals surface area contributed by atoms with Gasteiger partial charge in [-0.3, -0.25) is 9.59 Å². The summed E-state index contributed by atoms with van der Waals surface area (Å²) in [5, 5.41) is 5.62. The lowest BCUT2D eigenvalue weighted by molar-refractivity contribution is -0.117. The summed E-state index contributed by atoms with van der Waals surface area (Å²) in [6, 6.07) is 7.17. The summed E-state index contributed by atoms with van der Waals surface area (Å²) in [6.07, 6.45) is 2.67. The predicted molar refractivity (Wildman–Crippen MR) is 86.1 cm³/mol. The Morgan fingerprint density at radius 1 is 1.14 bits per heavy atom. The lowest BCUT2D eigenvalue weighted by atomic mass is 10.0. The molecule has 21 heavy (non-hydrogen) atoms. The third-order valence-electron chi connectivity index (χ3n) is 3.27. The van der Waals surface area contributed by atoms with Gasteiger partial charge in [-0.2, -0.15) is 0 Å². The number of amides is 2. The molecule has 0 heterocycles. The molecular weight excluding hydrogens is 266 g/mol. The van der Waals surface area contributed by atoms with Crippen molar-refractivity contribution < 1.29 is 9.59 Å². The van der Waals surface area contributed by atoms with Crippen molar-refractivity contribution >= 4 is 23.2 Å². The summed E-state index contributed by atoms with van der Waals surface area (Å²) in [5.41, 5.74) is 6.88. The molecule has 0 spiro atoms. The summed E-state index contributed by atoms with van der Waals surface area (Å²) in [6.45, 7) is 4.55. The second-order valence-corrected chi connectivity index (χ2v) is 5.25. The minimum Gasteiger partial charge on any atom is -0.330 e. The van der Waals surface area contributed by atoms with Gasteiger partial charge in [0.1, 0.15) is 0 Å². The van der Waals surface area contributed by atoms with Crippen molar-refractivity contribution in [1.82, 2.24) is 0 Å². The highest BCUT2D eigenvalue weighted by Crippen LogP contribution is 2.16. The maximum atomic E-state index is 11.9. The fourth-order valence-electron chi connectivity index (χ4n) is 1.95. The van der Waals surface area contributed by atoms with Gasteiger partial charge < -0.3 is 16.4 Å². The van der Waals surface area contributed by atoms with Gasteiger partial charge in [0.25, 0.3) is 0 Å². The van der Waals surface area contributed by atoms with Gasteiger partial charge >= 0.3 is 0 Å². The lowest BCUT2D eigenvalue weighted by Crippen LogP contribution is -2.14. The zero-order chi connectivity index (χ0) is 15.7. The van der Waals surface area contributed by atoms with Crippen molar-refractivity contribution in [3.63, 3.8) is 0 Å². The van der Waals surface area contributed by atoms with Gasteiger partial charge in [-0.15, -0.1) is 0 Å². The van der Waals surface area contributed by atoms with E-state index in [1.807, 2.05) is 6.07 Å². The Kier molecular flexibility index (Phi) is 7.46. The van der Waals surface area contributed by atoms with E-state index < -0.39 is 0 Å². The highest BCUT2D eigenvalue weighted by molar-refractivity contribution is 5.93. The van der Waals surface area contributed by atoms with E-state index in [9.17, 15) is 9.59 Å². The minimum absolute atomic E-state index is 0.0159. The number of rotatable bonds is 8. The highest BCUT2D eigenvalue weighted by Gasteiger charge is 2.07. The first-order chi connectivity index (χ1) is 10.0. The van der Waals surface area contributed by atoms with Crippen LogP contribution in [0.2, 0.25) is 0 Å². The van der Waals surface area contributed by atoms with Crippen LogP contribution < -0.4 is 16.4 Å². The van der Waals surface area contributed by atoms with Gasteiger partial charge in [-0.25, -0.2) is 0 Å². The normalized spacial score (nSPS) is 11.8. The van der Waals surface area contributed by atoms with Crippen molar-refractivity contribution in [2.24, 2.45) is 11.7 Å². The van der Waals surface area contributed by atoms with Crippen LogP contribution in [0, 0.1) is 5.92 Å². The summed E-state index contributed by atoms with van der Waals surface area (Å²) in [5.74, 6) is 0.392. The van der Waals surface area contributed by atoms with E-state index in [1.54, 1.807) is 25.1 Å². The summed E-state index contributed by atoms with van der Waals surface area (Å²) in [4.78, 5) is 23.2. The SMILES string of the molecule is CCC(=O)Nc1cccc(NC(=O)CCC(C)CCN)c1. The van der Waals surface area contributed by atoms with E-state index in [1.165, 1.54) is 0 Å². The molecule has 1 aromatic rings. The van der Waals surface area contributed by atoms with Crippen molar-refractivity contribution in [1.29, 1.82) is 0 Å². The van der Waals surface area contributed by atoms with E-state index >= 15 is 0 Å². The van der Waals surface area contributed by atoms with Gasteiger partial charge in [0.15, 0.2) is 0 Å². The molecule has 1 atom stereocenters. The third-order valence-corrected chi connectivity index (χ3v) is 3.27. The Morgan fingerprint density at radius 2 is 1.76 bits per heavy atom. The zero-order valence-corrected chi connectivity index (χ0v) is 12.8. The minimum atomic E-state index is -0.0471. The molecule has 5 nitrogen and oxygen atoms in total. The molecule has 0 aliphatic rings. The molecule has 1 rings (SSSR count). The topological polar surface area (TPSA) is 84.2 Å². The third kappa shape index (κ3) is 6.90. The maximum absolute atomic E-state index is 11.9. The summed E-state index contributed by atoms with van der Waals surface area (Å²) >= 11 is 0. The number of hydrogen-bond acceptors (Lipinski definition) is 3. The van der Waals surface area contributed by atoms with Gasteiger partial charge in [-0.1, -0.05) is 19.9 Å². The molecule has 0 fully saturated rings. The molecule has 5 heteroatoms. The lowest BCUT2D eigenvalue weighted by Gasteiger charge is -2.11. The van der Waals surface area contributed by atoms with Crippen LogP contribution in [0.3, 0.4) is 0 Å². The van der Waals surface area contributed by atoms with Crippen LogP contribution >= 0.6 is 0 Å². The number of nitrogens with two attached hydrogens (primary N) is 1. The van der Waals surface area contributed by atoms with Crippen LogP contribution in [-0.4, -0.2) is 18.4 Å². The van der Waals surface area contributed by atoms with Crippen molar-refractivity contribution in [3.05, 3.63) is 24.3 Å². The fraction of sp³-hybridized carbons (Fsp3) is 0.500. The van der Waals surface area contributed by atoms with Gasteiger partial charge in [0.05, 0.1) is 0 Å². The van der Waals surface area contributed by atoms with Crippen LogP contribution in [0.15, 0.2) is 24.3 Å². The molecule has 0 aliphatic carbocycles. The second-order valence-electron chi connectivity index (χ2n) is 5.25. The zero-order valence-electron chi connectivity index (χ0n) is 12.8. The number of benzene rings is 1. The van der Waals surface area contributed by atoms with E-state index in [0.29, 0.717) is 36.7 Å². The molecule has 4 N–H and O–H groups in total. The van der Waals surface area contributed by atoms with E-state index in [2.05, 4.69) is 17.6 Å². The quantitative estimate of drug-likeness (QED) is 0.688. The van der Waals surface area contributed by atoms with E-state index in [0.717, 1.165) is 12.8 Å². The fourth-order valence-corrected chi connectivity index (χ4v) is 1.95. The van der Waals surface area contributed by atoms with Crippen molar-refractivity contribution in [3.8, 4) is 0 Å². The molecular formula is C16H25N3O2. The van der Waals surface area contributed by atoms with Crippen LogP contribution in [0.5, 0.6) is 0 Å². The molecule has 0 radical (unpaired) electrons. The summed E-state index contributed by atoms with van der Waals surface area (Å²) in [7, 11) is 0. The first-order valence-corrected chi connectivity index (χ1v) is 7.45. The molecule has 1 unspecified atom stereocenters. The average Bonchev–Trinajstić information content (AvgIpc) is 2.45. The molecule has 1 aromatic carbocycles. The molecule has 0 bridgehead atoms. The molecule has 2 amide bonds. The Labute approximate surface area is 126 Å². The Hall–Kier alpha value is -1.88. The molecule has 116 valence electrons. The summed E-state index contributed by atoms with van der Waals surface area (Å²) < 4.78 is 0. The van der Waals surface area contributed by atoms with Crippen LogP contribution in [0.4, 0.5) is 11.4 Å². The smallest absolute Gasteiger partial charge is 0.224 e. The molecule has 0 saturated heterocycles. The Bertz CT molecular complexity index is 474. The van der Waals surface area contributed by atoms with Crippen LogP contribution in [0.1, 0.15) is 39.5 Å². The Balaban J connectivity index is 2.48. The number of anilines is 2. The predicted octanol–water partition coefficient (Wildman–Crippen LogP) is 2.74. The van der Waals surface area contributed by atoms with Crippen LogP contribution in [0.25, 0.3) is 0 Å². The van der Waals surface area contributed by atoms with Gasteiger partial charge in [0.2, 0.25) is 11.8 Å². The number of nitrogens with one attached hydrogen (secondary N) is 2. The highest BCUT2D eigenvalue weighted by atomic mass is 16.2. The second kappa shape index (κ2) is 9.13. The van der Waals surface area contributed by atoms with Gasteiger partial charge in [-0.05, 0) is 43.5 Å². The van der Waals surface area contributed by atoms with Crippen molar-refractivity contribution in [2.45, 2.75) is 39.5 Å². The van der Waals surface area contributed by atoms with Crippen LogP contribution in [-0.2, 0) is 9.59 Å². The standard InChI is InChI=1S/C16H25N3O2/c1-3-15(20)18-13-5-4-6-14(11-13)19-16(21)8-7-12(2)9-10-17/h4-6,11-12H,3,7-10,17H2,1-2H3,(H,18,20)(H,19,21). The Morgan fingerprint density at radius 3 is 2.33 bits per heavy atom.